The summed E-state index contributed by atoms with van der Waals surface area (Å²) in [7, 11) is 0. The van der Waals surface area contributed by atoms with Gasteiger partial charge in [-0.05, 0) is 42.7 Å². The number of amides is 1. The summed E-state index contributed by atoms with van der Waals surface area (Å²) in [6, 6.07) is 20.0. The van der Waals surface area contributed by atoms with Crippen LogP contribution in [-0.4, -0.2) is 32.5 Å². The van der Waals surface area contributed by atoms with Crippen molar-refractivity contribution >= 4 is 17.7 Å². The van der Waals surface area contributed by atoms with Gasteiger partial charge in [0, 0.05) is 6.04 Å². The molecule has 1 atom stereocenters. The monoisotopic (exact) mass is 450 g/mol. The molecule has 0 radical (unpaired) electrons. The van der Waals surface area contributed by atoms with E-state index in [0.717, 1.165) is 5.56 Å². The van der Waals surface area contributed by atoms with Crippen molar-refractivity contribution in [3.63, 3.8) is 0 Å². The summed E-state index contributed by atoms with van der Waals surface area (Å²) >= 11 is 1.31. The van der Waals surface area contributed by atoms with E-state index in [0.29, 0.717) is 35.3 Å². The van der Waals surface area contributed by atoms with E-state index in [1.165, 1.54) is 17.8 Å². The van der Waals surface area contributed by atoms with Crippen LogP contribution in [0.15, 0.2) is 82.6 Å². The Balaban J connectivity index is 1.42. The lowest BCUT2D eigenvalue weighted by molar-refractivity contribution is -0.119. The molecular formula is C24H23FN4O2S. The lowest BCUT2D eigenvalue weighted by Gasteiger charge is -2.14. The average molecular weight is 451 g/mol. The fourth-order valence-corrected chi connectivity index (χ4v) is 4.13. The number of nitrogens with one attached hydrogen (secondary N) is 1. The number of rotatable bonds is 9. The molecule has 1 amide bonds. The van der Waals surface area contributed by atoms with E-state index < -0.39 is 0 Å². The Morgan fingerprint density at radius 1 is 1.09 bits per heavy atom. The van der Waals surface area contributed by atoms with Crippen LogP contribution in [0, 0.1) is 5.82 Å². The Labute approximate surface area is 189 Å². The number of carbonyl (C=O) groups is 1. The van der Waals surface area contributed by atoms with Crippen LogP contribution >= 0.6 is 11.8 Å². The van der Waals surface area contributed by atoms with Crippen molar-refractivity contribution in [2.45, 2.75) is 31.1 Å². The van der Waals surface area contributed by atoms with Gasteiger partial charge in [0.05, 0.1) is 18.6 Å². The van der Waals surface area contributed by atoms with Crippen LogP contribution in [0.5, 0.6) is 0 Å². The molecule has 8 heteroatoms. The molecule has 4 rings (SSSR count). The Morgan fingerprint density at radius 3 is 2.62 bits per heavy atom. The minimum atomic E-state index is -0.262. The van der Waals surface area contributed by atoms with Crippen LogP contribution < -0.4 is 5.32 Å². The Kier molecular flexibility index (Phi) is 7.01. The average Bonchev–Trinajstić information content (AvgIpc) is 3.45. The molecule has 0 aliphatic rings. The number of hydrogen-bond acceptors (Lipinski definition) is 5. The third-order valence-corrected chi connectivity index (χ3v) is 5.83. The molecule has 4 aromatic rings. The van der Waals surface area contributed by atoms with Crippen molar-refractivity contribution in [1.82, 2.24) is 20.1 Å². The number of benzene rings is 2. The van der Waals surface area contributed by atoms with Crippen molar-refractivity contribution in [2.75, 3.05) is 5.75 Å². The van der Waals surface area contributed by atoms with Crippen LogP contribution in [0.3, 0.4) is 0 Å². The largest absolute Gasteiger partial charge is 0.461 e. The first-order chi connectivity index (χ1) is 15.6. The third kappa shape index (κ3) is 5.45. The first-order valence-electron chi connectivity index (χ1n) is 10.3. The predicted molar refractivity (Wildman–Crippen MR) is 122 cm³/mol. The van der Waals surface area contributed by atoms with Gasteiger partial charge < -0.3 is 9.73 Å². The Hall–Kier alpha value is -3.39. The van der Waals surface area contributed by atoms with Crippen molar-refractivity contribution in [3.05, 3.63) is 89.9 Å². The molecule has 2 aromatic heterocycles. The Morgan fingerprint density at radius 2 is 1.88 bits per heavy atom. The summed E-state index contributed by atoms with van der Waals surface area (Å²) in [5.74, 6) is 0.986. The molecule has 2 aromatic carbocycles. The first-order valence-corrected chi connectivity index (χ1v) is 11.3. The second-order valence-electron chi connectivity index (χ2n) is 7.41. The molecular weight excluding hydrogens is 427 g/mol. The van der Waals surface area contributed by atoms with Crippen molar-refractivity contribution in [2.24, 2.45) is 0 Å². The highest BCUT2D eigenvalue weighted by atomic mass is 32.2. The zero-order valence-corrected chi connectivity index (χ0v) is 18.4. The molecule has 0 fully saturated rings. The number of halogens is 1. The molecule has 0 saturated carbocycles. The van der Waals surface area contributed by atoms with Crippen LogP contribution in [0.2, 0.25) is 0 Å². The SMILES string of the molecule is CC(Cc1ccccc1F)NC(=O)CSc1nnc(-c2ccco2)n1Cc1ccccc1. The van der Waals surface area contributed by atoms with E-state index in [1.807, 2.05) is 47.9 Å². The molecule has 164 valence electrons. The predicted octanol–water partition coefficient (Wildman–Crippen LogP) is 4.57. The molecule has 0 bridgehead atoms. The summed E-state index contributed by atoms with van der Waals surface area (Å²) in [6.45, 7) is 2.42. The highest BCUT2D eigenvalue weighted by molar-refractivity contribution is 7.99. The van der Waals surface area contributed by atoms with Gasteiger partial charge in [0.15, 0.2) is 10.9 Å². The second-order valence-corrected chi connectivity index (χ2v) is 8.35. The number of furan rings is 1. The molecule has 1 N–H and O–H groups in total. The standard InChI is InChI=1S/C24H23FN4O2S/c1-17(14-19-10-5-6-11-20(19)25)26-22(30)16-32-24-28-27-23(21-12-7-13-31-21)29(24)15-18-8-3-2-4-9-18/h2-13,17H,14-16H2,1H3,(H,26,30). The highest BCUT2D eigenvalue weighted by Crippen LogP contribution is 2.25. The second kappa shape index (κ2) is 10.3. The fourth-order valence-electron chi connectivity index (χ4n) is 3.38. The summed E-state index contributed by atoms with van der Waals surface area (Å²) in [4.78, 5) is 12.5. The highest BCUT2D eigenvalue weighted by Gasteiger charge is 2.18. The molecule has 2 heterocycles. The van der Waals surface area contributed by atoms with E-state index in [9.17, 15) is 9.18 Å². The molecule has 0 spiro atoms. The number of thioether (sulfide) groups is 1. The zero-order chi connectivity index (χ0) is 22.3. The van der Waals surface area contributed by atoms with Crippen LogP contribution in [0.4, 0.5) is 4.39 Å². The lowest BCUT2D eigenvalue weighted by Crippen LogP contribution is -2.35. The van der Waals surface area contributed by atoms with Gasteiger partial charge in [0.1, 0.15) is 5.82 Å². The number of carbonyl (C=O) groups excluding carboxylic acids is 1. The van der Waals surface area contributed by atoms with Gasteiger partial charge >= 0.3 is 0 Å². The van der Waals surface area contributed by atoms with E-state index in [1.54, 1.807) is 30.5 Å². The van der Waals surface area contributed by atoms with E-state index in [2.05, 4.69) is 15.5 Å². The van der Waals surface area contributed by atoms with Gasteiger partial charge in [-0.1, -0.05) is 60.3 Å². The van der Waals surface area contributed by atoms with Crippen LogP contribution in [0.1, 0.15) is 18.1 Å². The smallest absolute Gasteiger partial charge is 0.230 e. The molecule has 0 saturated heterocycles. The topological polar surface area (TPSA) is 73.0 Å². The zero-order valence-electron chi connectivity index (χ0n) is 17.6. The molecule has 0 aliphatic heterocycles. The fraction of sp³-hybridized carbons (Fsp3) is 0.208. The van der Waals surface area contributed by atoms with Crippen molar-refractivity contribution in [3.8, 4) is 11.6 Å². The maximum absolute atomic E-state index is 13.9. The normalized spacial score (nSPS) is 11.9. The molecule has 32 heavy (non-hydrogen) atoms. The van der Waals surface area contributed by atoms with E-state index >= 15 is 0 Å². The molecule has 1 unspecified atom stereocenters. The summed E-state index contributed by atoms with van der Waals surface area (Å²) in [5, 5.41) is 12.1. The van der Waals surface area contributed by atoms with Crippen molar-refractivity contribution < 1.29 is 13.6 Å². The minimum absolute atomic E-state index is 0.146. The van der Waals surface area contributed by atoms with Crippen molar-refractivity contribution in [1.29, 1.82) is 0 Å². The van der Waals surface area contributed by atoms with E-state index in [-0.39, 0.29) is 23.5 Å². The minimum Gasteiger partial charge on any atom is -0.461 e. The van der Waals surface area contributed by atoms with Gasteiger partial charge in [0.2, 0.25) is 11.7 Å². The third-order valence-electron chi connectivity index (χ3n) is 4.87. The maximum atomic E-state index is 13.9. The van der Waals surface area contributed by atoms with Gasteiger partial charge in [-0.3, -0.25) is 9.36 Å². The van der Waals surface area contributed by atoms with Gasteiger partial charge in [-0.25, -0.2) is 4.39 Å². The summed E-state index contributed by atoms with van der Waals surface area (Å²) in [6.07, 6.45) is 2.02. The van der Waals surface area contributed by atoms with E-state index in [4.69, 9.17) is 4.42 Å². The molecule has 0 aliphatic carbocycles. The number of aromatic nitrogens is 3. The number of hydrogen-bond donors (Lipinski definition) is 1. The maximum Gasteiger partial charge on any atom is 0.230 e. The van der Waals surface area contributed by atoms with Gasteiger partial charge in [-0.15, -0.1) is 10.2 Å². The van der Waals surface area contributed by atoms with Gasteiger partial charge in [0.25, 0.3) is 0 Å². The lowest BCUT2D eigenvalue weighted by atomic mass is 10.1. The Bertz CT molecular complexity index is 1160. The van der Waals surface area contributed by atoms with Crippen LogP contribution in [0.25, 0.3) is 11.6 Å². The molecule has 6 nitrogen and oxygen atoms in total. The summed E-state index contributed by atoms with van der Waals surface area (Å²) < 4.78 is 21.3. The first kappa shape index (κ1) is 21.8. The summed E-state index contributed by atoms with van der Waals surface area (Å²) in [5.41, 5.74) is 1.67. The van der Waals surface area contributed by atoms with Crippen LogP contribution in [-0.2, 0) is 17.8 Å². The number of nitrogens with zero attached hydrogens (tertiary/aromatic N) is 3. The quantitative estimate of drug-likeness (QED) is 0.378. The van der Waals surface area contributed by atoms with Gasteiger partial charge in [-0.2, -0.15) is 0 Å².